The van der Waals surface area contributed by atoms with E-state index in [4.69, 9.17) is 4.18 Å². The Kier molecular flexibility index (Phi) is 7.82. The fourth-order valence-corrected chi connectivity index (χ4v) is 4.86. The highest BCUT2D eigenvalue weighted by atomic mass is 32.2. The summed E-state index contributed by atoms with van der Waals surface area (Å²) in [6.07, 6.45) is 4.13. The van der Waals surface area contributed by atoms with Crippen LogP contribution >= 0.6 is 11.8 Å². The van der Waals surface area contributed by atoms with Gasteiger partial charge in [-0.3, -0.25) is 14.9 Å². The van der Waals surface area contributed by atoms with E-state index in [9.17, 15) is 23.3 Å². The molecule has 0 unspecified atom stereocenters. The predicted octanol–water partition coefficient (Wildman–Crippen LogP) is 3.78. The summed E-state index contributed by atoms with van der Waals surface area (Å²) in [6, 6.07) is 9.69. The Bertz CT molecular complexity index is 1230. The number of benzene rings is 2. The van der Waals surface area contributed by atoms with Gasteiger partial charge >= 0.3 is 10.1 Å². The Morgan fingerprint density at radius 2 is 2.06 bits per heavy atom. The van der Waals surface area contributed by atoms with E-state index in [-0.39, 0.29) is 27.5 Å². The molecule has 1 saturated heterocycles. The highest BCUT2D eigenvalue weighted by Gasteiger charge is 2.29. The molecule has 12 heteroatoms. The summed E-state index contributed by atoms with van der Waals surface area (Å²) >= 11 is 1.33. The molecule has 2 aromatic carbocycles. The molecule has 10 nitrogen and oxygen atoms in total. The highest BCUT2D eigenvalue weighted by molar-refractivity contribution is 8.15. The largest absolute Gasteiger partial charge is 0.379 e. The summed E-state index contributed by atoms with van der Waals surface area (Å²) < 4.78 is 30.3. The number of rotatable bonds is 9. The number of thioether (sulfide) groups is 1. The first kappa shape index (κ1) is 24.4. The van der Waals surface area contributed by atoms with Crippen molar-refractivity contribution < 1.29 is 22.3 Å². The fourth-order valence-electron chi connectivity index (χ4n) is 2.94. The van der Waals surface area contributed by atoms with Gasteiger partial charge in [-0.2, -0.15) is 13.5 Å². The van der Waals surface area contributed by atoms with E-state index in [1.807, 2.05) is 0 Å². The molecule has 1 fully saturated rings. The smallest absolute Gasteiger partial charge is 0.339 e. The number of nitro groups is 1. The molecule has 1 N–H and O–H groups in total. The Morgan fingerprint density at radius 3 is 2.79 bits per heavy atom. The van der Waals surface area contributed by atoms with E-state index in [0.717, 1.165) is 25.3 Å². The van der Waals surface area contributed by atoms with Crippen molar-refractivity contribution in [3.8, 4) is 5.75 Å². The van der Waals surface area contributed by atoms with E-state index < -0.39 is 15.0 Å². The number of amides is 1. The van der Waals surface area contributed by atoms with Crippen LogP contribution in [0.4, 0.5) is 5.69 Å². The molecular weight excluding hydrogens is 468 g/mol. The maximum Gasteiger partial charge on any atom is 0.339 e. The van der Waals surface area contributed by atoms with Crippen molar-refractivity contribution in [1.82, 2.24) is 5.32 Å². The minimum atomic E-state index is -4.28. The van der Waals surface area contributed by atoms with Gasteiger partial charge in [0.05, 0.1) is 16.4 Å². The lowest BCUT2D eigenvalue weighted by molar-refractivity contribution is -0.385. The van der Waals surface area contributed by atoms with Crippen LogP contribution < -0.4 is 9.50 Å². The van der Waals surface area contributed by atoms with Gasteiger partial charge in [0.15, 0.2) is 5.17 Å². The molecule has 1 aliphatic rings. The summed E-state index contributed by atoms with van der Waals surface area (Å²) in [5.41, 5.74) is 0.541. The van der Waals surface area contributed by atoms with E-state index in [0.29, 0.717) is 16.3 Å². The van der Waals surface area contributed by atoms with Crippen LogP contribution in [0.1, 0.15) is 37.3 Å². The fraction of sp³-hybridized carbons (Fsp3) is 0.286. The lowest BCUT2D eigenvalue weighted by atomic mass is 10.2. The first-order valence-corrected chi connectivity index (χ1v) is 12.4. The Morgan fingerprint density at radius 1 is 1.27 bits per heavy atom. The van der Waals surface area contributed by atoms with E-state index in [1.54, 1.807) is 12.1 Å². The van der Waals surface area contributed by atoms with Crippen LogP contribution in [0, 0.1) is 17.0 Å². The van der Waals surface area contributed by atoms with Crippen LogP contribution in [0.5, 0.6) is 5.75 Å². The van der Waals surface area contributed by atoms with E-state index >= 15 is 0 Å². The summed E-state index contributed by atoms with van der Waals surface area (Å²) in [5.74, 6) is -0.0719. The minimum Gasteiger partial charge on any atom is -0.379 e. The third-order valence-electron chi connectivity index (χ3n) is 4.68. The van der Waals surface area contributed by atoms with Crippen molar-refractivity contribution in [2.24, 2.45) is 10.2 Å². The number of carbonyl (C=O) groups excluding carboxylic acids is 1. The third kappa shape index (κ3) is 6.39. The average molecular weight is 491 g/mol. The number of nitrogens with zero attached hydrogens (tertiary/aromatic N) is 3. The zero-order valence-electron chi connectivity index (χ0n) is 17.9. The molecule has 0 aromatic heterocycles. The summed E-state index contributed by atoms with van der Waals surface area (Å²) in [7, 11) is -4.28. The molecule has 0 aliphatic carbocycles. The Hall–Kier alpha value is -3.25. The first-order chi connectivity index (χ1) is 15.7. The number of carbonyl (C=O) groups is 1. The highest BCUT2D eigenvalue weighted by Crippen LogP contribution is 2.26. The second kappa shape index (κ2) is 10.6. The van der Waals surface area contributed by atoms with Crippen molar-refractivity contribution in [2.75, 3.05) is 0 Å². The number of hydrogen-bond donors (Lipinski definition) is 1. The standard InChI is InChI=1S/C21H22N4O6S2/c1-3-4-8-19-20(26)23-21(32-19)24-22-13-15-6-5-7-16(11-15)31-33(29,30)17-10-9-14(2)18(12-17)25(27)28/h5-7,9-13,19H,3-4,8H2,1-2H3,(H,23,24,26)/b22-13-/t19-/m1/s1. The van der Waals surface area contributed by atoms with Crippen LogP contribution in [-0.4, -0.2) is 35.9 Å². The maximum absolute atomic E-state index is 12.6. The van der Waals surface area contributed by atoms with Crippen molar-refractivity contribution in [3.05, 3.63) is 63.7 Å². The topological polar surface area (TPSA) is 140 Å². The van der Waals surface area contributed by atoms with Crippen molar-refractivity contribution >= 4 is 44.9 Å². The Labute approximate surface area is 195 Å². The zero-order chi connectivity index (χ0) is 24.0. The van der Waals surface area contributed by atoms with Gasteiger partial charge in [-0.05, 0) is 37.1 Å². The van der Waals surface area contributed by atoms with Crippen molar-refractivity contribution in [3.63, 3.8) is 0 Å². The van der Waals surface area contributed by atoms with Gasteiger partial charge in [0, 0.05) is 11.6 Å². The SMILES string of the molecule is CCCC[C@H]1S/C(=N\N=C/c2cccc(OS(=O)(=O)c3ccc(C)c([N+](=O)[O-])c3)c2)NC1=O. The lowest BCUT2D eigenvalue weighted by Gasteiger charge is -2.08. The van der Waals surface area contributed by atoms with Crippen molar-refractivity contribution in [2.45, 2.75) is 43.3 Å². The maximum atomic E-state index is 12.6. The minimum absolute atomic E-state index is 0.0120. The van der Waals surface area contributed by atoms with Gasteiger partial charge in [0.1, 0.15) is 10.6 Å². The molecule has 2 aromatic rings. The summed E-state index contributed by atoms with van der Waals surface area (Å²) in [4.78, 5) is 22.1. The molecule has 1 amide bonds. The molecule has 1 aliphatic heterocycles. The average Bonchev–Trinajstić information content (AvgIpc) is 3.11. The van der Waals surface area contributed by atoms with Crippen LogP contribution in [0.25, 0.3) is 0 Å². The molecule has 0 spiro atoms. The molecule has 0 saturated carbocycles. The molecule has 174 valence electrons. The van der Waals surface area contributed by atoms with Gasteiger partial charge in [0.25, 0.3) is 5.69 Å². The molecular formula is C21H22N4O6S2. The van der Waals surface area contributed by atoms with Gasteiger partial charge in [-0.15, -0.1) is 5.10 Å². The molecule has 3 rings (SSSR count). The second-order valence-corrected chi connectivity index (χ2v) is 9.94. The van der Waals surface area contributed by atoms with Gasteiger partial charge in [-0.25, -0.2) is 0 Å². The molecule has 0 bridgehead atoms. The Balaban J connectivity index is 1.71. The van der Waals surface area contributed by atoms with Gasteiger partial charge < -0.3 is 9.50 Å². The molecule has 1 heterocycles. The van der Waals surface area contributed by atoms with Crippen LogP contribution in [-0.2, 0) is 14.9 Å². The lowest BCUT2D eigenvalue weighted by Crippen LogP contribution is -2.24. The predicted molar refractivity (Wildman–Crippen MR) is 126 cm³/mol. The number of hydrogen-bond acceptors (Lipinski definition) is 9. The van der Waals surface area contributed by atoms with Gasteiger partial charge in [-0.1, -0.05) is 49.7 Å². The third-order valence-corrected chi connectivity index (χ3v) is 7.07. The zero-order valence-corrected chi connectivity index (χ0v) is 19.6. The number of unbranched alkanes of at least 4 members (excludes halogenated alkanes) is 1. The molecule has 33 heavy (non-hydrogen) atoms. The second-order valence-electron chi connectivity index (χ2n) is 7.20. The number of nitro benzene ring substituents is 1. The quantitative estimate of drug-likeness (QED) is 0.244. The van der Waals surface area contributed by atoms with E-state index in [2.05, 4.69) is 22.4 Å². The molecule has 1 atom stereocenters. The number of aryl methyl sites for hydroxylation is 1. The van der Waals surface area contributed by atoms with Crippen LogP contribution in [0.15, 0.2) is 57.6 Å². The first-order valence-electron chi connectivity index (χ1n) is 10.1. The molecule has 0 radical (unpaired) electrons. The summed E-state index contributed by atoms with van der Waals surface area (Å²) in [5, 5.41) is 22.0. The van der Waals surface area contributed by atoms with Crippen LogP contribution in [0.3, 0.4) is 0 Å². The van der Waals surface area contributed by atoms with Gasteiger partial charge in [0.2, 0.25) is 5.91 Å². The van der Waals surface area contributed by atoms with Crippen LogP contribution in [0.2, 0.25) is 0 Å². The summed E-state index contributed by atoms with van der Waals surface area (Å²) in [6.45, 7) is 3.58. The van der Waals surface area contributed by atoms with E-state index in [1.165, 1.54) is 49.2 Å². The number of amidine groups is 1. The number of nitrogens with one attached hydrogen (secondary N) is 1. The monoisotopic (exact) mass is 490 g/mol. The van der Waals surface area contributed by atoms with Crippen molar-refractivity contribution in [1.29, 1.82) is 0 Å². The normalized spacial score (nSPS) is 17.5.